The Morgan fingerprint density at radius 2 is 2.23 bits per heavy atom. The summed E-state index contributed by atoms with van der Waals surface area (Å²) >= 11 is 13.4. The van der Waals surface area contributed by atoms with E-state index >= 15 is 0 Å². The number of amides is 1. The highest BCUT2D eigenvalue weighted by Crippen LogP contribution is 2.23. The Bertz CT molecular complexity index is 660. The minimum Gasteiger partial charge on any atom is -0.322 e. The average molecular weight is 356 g/mol. The molecular weight excluding hydrogens is 341 g/mol. The van der Waals surface area contributed by atoms with Gasteiger partial charge in [-0.1, -0.05) is 29.3 Å². The van der Waals surface area contributed by atoms with Gasteiger partial charge in [-0.2, -0.15) is 0 Å². The van der Waals surface area contributed by atoms with Gasteiger partial charge < -0.3 is 5.32 Å². The summed E-state index contributed by atoms with van der Waals surface area (Å²) in [5.74, 6) is -0.153. The first kappa shape index (κ1) is 17.0. The van der Waals surface area contributed by atoms with Crippen molar-refractivity contribution in [2.45, 2.75) is 6.54 Å². The van der Waals surface area contributed by atoms with Crippen molar-refractivity contribution in [1.29, 1.82) is 0 Å². The Morgan fingerprint density at radius 3 is 2.86 bits per heavy atom. The van der Waals surface area contributed by atoms with Crippen LogP contribution < -0.4 is 5.32 Å². The van der Waals surface area contributed by atoms with Crippen molar-refractivity contribution in [3.63, 3.8) is 0 Å². The molecule has 0 atom stereocenters. The lowest BCUT2D eigenvalue weighted by atomic mass is 10.3. The second-order valence-electron chi connectivity index (χ2n) is 4.55. The fourth-order valence-electron chi connectivity index (χ4n) is 1.90. The number of carbonyl (C=O) groups is 1. The first-order chi connectivity index (χ1) is 10.6. The minimum atomic E-state index is -0.153. The van der Waals surface area contributed by atoms with E-state index in [-0.39, 0.29) is 17.6 Å². The van der Waals surface area contributed by atoms with Gasteiger partial charge in [0.25, 0.3) is 0 Å². The van der Waals surface area contributed by atoms with Crippen LogP contribution in [0.2, 0.25) is 9.49 Å². The summed E-state index contributed by atoms with van der Waals surface area (Å²) < 4.78 is 0.736. The van der Waals surface area contributed by atoms with Crippen LogP contribution >= 0.6 is 34.5 Å². The molecule has 2 aromatic rings. The van der Waals surface area contributed by atoms with Gasteiger partial charge in [-0.05, 0) is 24.3 Å². The molecule has 0 saturated carbocycles. The van der Waals surface area contributed by atoms with Gasteiger partial charge in [0, 0.05) is 24.2 Å². The third kappa shape index (κ3) is 5.10. The zero-order valence-electron chi connectivity index (χ0n) is 11.8. The van der Waals surface area contributed by atoms with E-state index < -0.39 is 0 Å². The predicted molar refractivity (Wildman–Crippen MR) is 92.7 cm³/mol. The third-order valence-corrected chi connectivity index (χ3v) is 4.31. The molecule has 0 radical (unpaired) electrons. The fraction of sp³-hybridized carbons (Fsp3) is 0.200. The summed E-state index contributed by atoms with van der Waals surface area (Å²) in [7, 11) is 0. The first-order valence-electron chi connectivity index (χ1n) is 6.56. The summed E-state index contributed by atoms with van der Waals surface area (Å²) in [4.78, 5) is 19.1. The van der Waals surface area contributed by atoms with Gasteiger partial charge in [0.05, 0.1) is 16.6 Å². The monoisotopic (exact) mass is 355 g/mol. The van der Waals surface area contributed by atoms with E-state index in [9.17, 15) is 4.79 Å². The van der Waals surface area contributed by atoms with E-state index in [4.69, 9.17) is 23.2 Å². The van der Waals surface area contributed by atoms with E-state index in [2.05, 4.69) is 16.9 Å². The molecule has 22 heavy (non-hydrogen) atoms. The molecular formula is C15H15Cl2N3OS. The first-order valence-corrected chi connectivity index (χ1v) is 8.13. The van der Waals surface area contributed by atoms with E-state index in [0.717, 1.165) is 9.21 Å². The summed E-state index contributed by atoms with van der Waals surface area (Å²) in [6.45, 7) is 5.19. The Morgan fingerprint density at radius 1 is 1.41 bits per heavy atom. The zero-order valence-corrected chi connectivity index (χ0v) is 14.1. The average Bonchev–Trinajstić information content (AvgIpc) is 2.87. The molecule has 0 aromatic carbocycles. The Labute approximate surface area is 143 Å². The molecule has 2 aromatic heterocycles. The van der Waals surface area contributed by atoms with Crippen molar-refractivity contribution in [2.75, 3.05) is 18.4 Å². The number of rotatable bonds is 7. The van der Waals surface area contributed by atoms with Crippen LogP contribution in [0.15, 0.2) is 43.1 Å². The molecule has 2 rings (SSSR count). The largest absolute Gasteiger partial charge is 0.322 e. The van der Waals surface area contributed by atoms with Crippen molar-refractivity contribution in [3.05, 3.63) is 57.5 Å². The zero-order chi connectivity index (χ0) is 15.9. The fourth-order valence-corrected chi connectivity index (χ4v) is 3.19. The van der Waals surface area contributed by atoms with Crippen LogP contribution in [0.1, 0.15) is 4.88 Å². The summed E-state index contributed by atoms with van der Waals surface area (Å²) in [6, 6.07) is 7.24. The number of halogens is 2. The topological polar surface area (TPSA) is 45.2 Å². The van der Waals surface area contributed by atoms with Gasteiger partial charge in [0.15, 0.2) is 5.15 Å². The maximum absolute atomic E-state index is 12.1. The summed E-state index contributed by atoms with van der Waals surface area (Å²) in [5.41, 5.74) is 0.506. The highest BCUT2D eigenvalue weighted by Gasteiger charge is 2.13. The summed E-state index contributed by atoms with van der Waals surface area (Å²) in [5, 5.41) is 3.03. The normalized spacial score (nSPS) is 10.7. The number of anilines is 1. The smallest absolute Gasteiger partial charge is 0.238 e. The number of pyridine rings is 1. The molecule has 0 aliphatic carbocycles. The van der Waals surface area contributed by atoms with Gasteiger partial charge in [0.2, 0.25) is 5.91 Å². The number of aromatic nitrogens is 1. The van der Waals surface area contributed by atoms with Crippen LogP contribution in [0, 0.1) is 0 Å². The molecule has 4 nitrogen and oxygen atoms in total. The quantitative estimate of drug-likeness (QED) is 0.601. The van der Waals surface area contributed by atoms with Gasteiger partial charge in [0.1, 0.15) is 0 Å². The van der Waals surface area contributed by atoms with E-state index in [1.54, 1.807) is 24.4 Å². The van der Waals surface area contributed by atoms with Crippen LogP contribution in [0.3, 0.4) is 0 Å². The molecule has 116 valence electrons. The standard InChI is InChI=1S/C15H15Cl2N3OS/c1-2-8-20(9-11-5-6-13(16)22-11)10-14(21)19-12-4-3-7-18-15(12)17/h2-7H,1,8-10H2,(H,19,21). The second kappa shape index (κ2) is 8.29. The summed E-state index contributed by atoms with van der Waals surface area (Å²) in [6.07, 6.45) is 3.34. The lowest BCUT2D eigenvalue weighted by Crippen LogP contribution is -2.32. The lowest BCUT2D eigenvalue weighted by molar-refractivity contribution is -0.117. The molecule has 7 heteroatoms. The van der Waals surface area contributed by atoms with Crippen molar-refractivity contribution < 1.29 is 4.79 Å². The van der Waals surface area contributed by atoms with Crippen LogP contribution in [0.5, 0.6) is 0 Å². The predicted octanol–water partition coefficient (Wildman–Crippen LogP) is 4.08. The molecule has 0 aliphatic heterocycles. The van der Waals surface area contributed by atoms with Gasteiger partial charge in [-0.3, -0.25) is 9.69 Å². The van der Waals surface area contributed by atoms with Crippen molar-refractivity contribution in [1.82, 2.24) is 9.88 Å². The van der Waals surface area contributed by atoms with Crippen molar-refractivity contribution in [2.24, 2.45) is 0 Å². The lowest BCUT2D eigenvalue weighted by Gasteiger charge is -2.19. The Balaban J connectivity index is 1.96. The molecule has 1 amide bonds. The van der Waals surface area contributed by atoms with Crippen molar-refractivity contribution >= 4 is 46.1 Å². The molecule has 0 spiro atoms. The maximum atomic E-state index is 12.1. The number of carbonyl (C=O) groups excluding carboxylic acids is 1. The van der Waals surface area contributed by atoms with Crippen LogP contribution in [0.25, 0.3) is 0 Å². The van der Waals surface area contributed by atoms with E-state index in [1.807, 2.05) is 17.0 Å². The maximum Gasteiger partial charge on any atom is 0.238 e. The Kier molecular flexibility index (Phi) is 6.39. The van der Waals surface area contributed by atoms with Crippen LogP contribution in [0.4, 0.5) is 5.69 Å². The second-order valence-corrected chi connectivity index (χ2v) is 6.71. The number of thiophene rings is 1. The minimum absolute atomic E-state index is 0.153. The highest BCUT2D eigenvalue weighted by atomic mass is 35.5. The third-order valence-electron chi connectivity index (χ3n) is 2.80. The van der Waals surface area contributed by atoms with Crippen molar-refractivity contribution in [3.8, 4) is 0 Å². The van der Waals surface area contributed by atoms with E-state index in [1.165, 1.54) is 11.3 Å². The molecule has 0 fully saturated rings. The number of hydrogen-bond donors (Lipinski definition) is 1. The molecule has 2 heterocycles. The number of nitrogens with one attached hydrogen (secondary N) is 1. The number of hydrogen-bond acceptors (Lipinski definition) is 4. The van der Waals surface area contributed by atoms with E-state index in [0.29, 0.717) is 18.8 Å². The van der Waals surface area contributed by atoms with Crippen LogP contribution in [-0.2, 0) is 11.3 Å². The SMILES string of the molecule is C=CCN(CC(=O)Nc1cccnc1Cl)Cc1ccc(Cl)s1. The van der Waals surface area contributed by atoms with Crippen LogP contribution in [-0.4, -0.2) is 28.9 Å². The molecule has 0 saturated heterocycles. The Hall–Kier alpha value is -1.40. The molecule has 1 N–H and O–H groups in total. The van der Waals surface area contributed by atoms with Gasteiger partial charge >= 0.3 is 0 Å². The molecule has 0 aliphatic rings. The van der Waals surface area contributed by atoms with Gasteiger partial charge in [-0.25, -0.2) is 4.98 Å². The number of nitrogens with zero attached hydrogens (tertiary/aromatic N) is 2. The molecule has 0 bridgehead atoms. The molecule has 0 unspecified atom stereocenters. The van der Waals surface area contributed by atoms with Gasteiger partial charge in [-0.15, -0.1) is 17.9 Å². The highest BCUT2D eigenvalue weighted by molar-refractivity contribution is 7.16.